The first-order valence-electron chi connectivity index (χ1n) is 13.0. The molecule has 2 aromatic carbocycles. The zero-order valence-electron chi connectivity index (χ0n) is 24.1. The third-order valence-corrected chi connectivity index (χ3v) is 6.63. The number of hydrogen-bond acceptors (Lipinski definition) is 6. The molecule has 1 N–H and O–H groups in total. The van der Waals surface area contributed by atoms with E-state index >= 15 is 0 Å². The molecule has 0 aliphatic carbocycles. The van der Waals surface area contributed by atoms with Crippen LogP contribution < -0.4 is 8.91 Å². The lowest BCUT2D eigenvalue weighted by Crippen LogP contribution is -2.38. The molecule has 0 spiro atoms. The van der Waals surface area contributed by atoms with E-state index in [0.29, 0.717) is 18.8 Å². The second-order valence-corrected chi connectivity index (χ2v) is 10.5. The van der Waals surface area contributed by atoms with Crippen LogP contribution in [0.4, 0.5) is 0 Å². The van der Waals surface area contributed by atoms with Crippen LogP contribution in [0.3, 0.4) is 0 Å². The summed E-state index contributed by atoms with van der Waals surface area (Å²) in [5, 5.41) is 8.08. The predicted molar refractivity (Wildman–Crippen MR) is 153 cm³/mol. The molecule has 3 atom stereocenters. The Kier molecular flexibility index (Phi) is 17.4. The number of hydrogen-bond donors (Lipinski definition) is 1. The maximum absolute atomic E-state index is 11.8. The van der Waals surface area contributed by atoms with Crippen molar-refractivity contribution in [3.63, 3.8) is 0 Å². The first kappa shape index (κ1) is 34.8. The molecule has 8 heteroatoms. The van der Waals surface area contributed by atoms with Crippen LogP contribution in [0.5, 0.6) is 5.75 Å². The van der Waals surface area contributed by atoms with Crippen LogP contribution in [0, 0.1) is 35.5 Å². The van der Waals surface area contributed by atoms with Gasteiger partial charge in [0.15, 0.2) is 0 Å². The van der Waals surface area contributed by atoms with Crippen molar-refractivity contribution in [2.24, 2.45) is 17.3 Å². The van der Waals surface area contributed by atoms with Gasteiger partial charge in [-0.3, -0.25) is 9.59 Å². The lowest BCUT2D eigenvalue weighted by molar-refractivity contribution is -0.149. The lowest BCUT2D eigenvalue weighted by atomic mass is 9.90. The van der Waals surface area contributed by atoms with E-state index in [-0.39, 0.29) is 23.7 Å². The molecular formula is C30H44N2O5S. The third kappa shape index (κ3) is 15.2. The van der Waals surface area contributed by atoms with Crippen molar-refractivity contribution in [2.75, 3.05) is 0 Å². The number of carbonyl (C=O) groups is 2. The van der Waals surface area contributed by atoms with Gasteiger partial charge in [0.25, 0.3) is 0 Å². The molecule has 3 unspecified atom stereocenters. The van der Waals surface area contributed by atoms with Crippen LogP contribution in [-0.2, 0) is 32.2 Å². The number of ether oxygens (including phenoxy) is 1. The van der Waals surface area contributed by atoms with E-state index in [0.717, 1.165) is 24.0 Å². The number of nitriles is 1. The first-order chi connectivity index (χ1) is 17.9. The monoisotopic (exact) mass is 544 g/mol. The summed E-state index contributed by atoms with van der Waals surface area (Å²) in [6.45, 7) is 15.6. The summed E-state index contributed by atoms with van der Waals surface area (Å²) >= 11 is -1.86. The summed E-state index contributed by atoms with van der Waals surface area (Å²) in [6, 6.07) is 19.0. The van der Waals surface area contributed by atoms with Gasteiger partial charge in [-0.1, -0.05) is 89.6 Å². The number of benzene rings is 2. The Balaban J connectivity index is 0.000000607. The van der Waals surface area contributed by atoms with Gasteiger partial charge in [-0.2, -0.15) is 9.47 Å². The number of rotatable bonds is 10. The summed E-state index contributed by atoms with van der Waals surface area (Å²) in [7, 11) is 0. The summed E-state index contributed by atoms with van der Waals surface area (Å²) in [6.07, 6.45) is 2.46. The molecule has 38 heavy (non-hydrogen) atoms. The number of esters is 1. The Labute approximate surface area is 231 Å². The minimum absolute atomic E-state index is 0.00119. The second-order valence-electron chi connectivity index (χ2n) is 9.64. The normalized spacial score (nSPS) is 12.6. The van der Waals surface area contributed by atoms with Crippen LogP contribution in [0.15, 0.2) is 54.6 Å². The fraction of sp³-hybridized carbons (Fsp3) is 0.500. The molecule has 2 rings (SSSR count). The largest absolute Gasteiger partial charge is 0.461 e. The van der Waals surface area contributed by atoms with E-state index < -0.39 is 16.7 Å². The molecule has 0 radical (unpaired) electrons. The summed E-state index contributed by atoms with van der Waals surface area (Å²) in [5.74, 6) is 0.309. The number of amides is 1. The van der Waals surface area contributed by atoms with Gasteiger partial charge in [-0.05, 0) is 50.8 Å². The van der Waals surface area contributed by atoms with E-state index in [9.17, 15) is 13.8 Å². The topological polar surface area (TPSA) is 105 Å². The number of aryl methyl sites for hydroxylation is 1. The molecule has 0 fully saturated rings. The lowest BCUT2D eigenvalue weighted by Gasteiger charge is -2.20. The maximum Gasteiger partial charge on any atom is 0.318 e. The molecule has 210 valence electrons. The van der Waals surface area contributed by atoms with Crippen molar-refractivity contribution in [2.45, 2.75) is 81.3 Å². The Bertz CT molecular complexity index is 1020. The van der Waals surface area contributed by atoms with Gasteiger partial charge in [0.2, 0.25) is 5.91 Å². The molecule has 0 heterocycles. The van der Waals surface area contributed by atoms with Crippen LogP contribution in [0.2, 0.25) is 0 Å². The Hall–Kier alpha value is -3.18. The van der Waals surface area contributed by atoms with Crippen molar-refractivity contribution in [1.29, 1.82) is 5.26 Å². The average molecular weight is 545 g/mol. The van der Waals surface area contributed by atoms with Crippen molar-refractivity contribution >= 4 is 23.1 Å². The molecule has 0 bridgehead atoms. The second kappa shape index (κ2) is 19.0. The first-order valence-corrected chi connectivity index (χ1v) is 14.1. The summed E-state index contributed by atoms with van der Waals surface area (Å²) in [4.78, 5) is 23.1. The van der Waals surface area contributed by atoms with Gasteiger partial charge in [-0.15, -0.1) is 0 Å². The van der Waals surface area contributed by atoms with E-state index in [1.54, 1.807) is 26.0 Å². The van der Waals surface area contributed by atoms with E-state index in [2.05, 4.69) is 10.8 Å². The molecule has 0 aromatic heterocycles. The van der Waals surface area contributed by atoms with E-state index in [1.165, 1.54) is 0 Å². The Morgan fingerprint density at radius 1 is 1.00 bits per heavy atom. The van der Waals surface area contributed by atoms with Crippen molar-refractivity contribution in [3.05, 3.63) is 65.7 Å². The highest BCUT2D eigenvalue weighted by molar-refractivity contribution is 7.79. The number of carbonyl (C=O) groups excluding carboxylic acids is 2. The van der Waals surface area contributed by atoms with E-state index in [1.807, 2.05) is 84.0 Å². The maximum atomic E-state index is 11.8. The van der Waals surface area contributed by atoms with Gasteiger partial charge in [0.05, 0.1) is 12.0 Å². The van der Waals surface area contributed by atoms with Gasteiger partial charge >= 0.3 is 17.2 Å². The summed E-state index contributed by atoms with van der Waals surface area (Å²) < 4.78 is 24.2. The van der Waals surface area contributed by atoms with Gasteiger partial charge in [0.1, 0.15) is 12.4 Å². The Morgan fingerprint density at radius 3 is 2.03 bits per heavy atom. The van der Waals surface area contributed by atoms with Crippen molar-refractivity contribution in [1.82, 2.24) is 4.72 Å². The van der Waals surface area contributed by atoms with Crippen LogP contribution >= 0.6 is 0 Å². The minimum atomic E-state index is -1.86. The van der Waals surface area contributed by atoms with Gasteiger partial charge in [0, 0.05) is 11.3 Å². The zero-order chi connectivity index (χ0) is 29.1. The molecule has 0 saturated heterocycles. The molecule has 0 aliphatic rings. The average Bonchev–Trinajstić information content (AvgIpc) is 2.93. The van der Waals surface area contributed by atoms with Crippen LogP contribution in [-0.4, -0.2) is 16.1 Å². The van der Waals surface area contributed by atoms with Crippen LogP contribution in [0.1, 0.15) is 78.9 Å². The van der Waals surface area contributed by atoms with Crippen molar-refractivity contribution in [3.8, 4) is 11.8 Å². The molecule has 2 aromatic rings. The standard InChI is InChI=1S/C13H19NO3S.C12H16O2.C5H9N/c1-5-13(3,4)12(15)14-18(16)17-11-8-6-10(2)7-9-11;1-3-10(2)12(13)14-9-11-7-5-4-6-8-11;1-3-5(2)4-6/h6-9H,5H2,1-4H3,(H,14,15);4-8,10H,3,9H2,1-2H3;5H,3H2,1-2H3. The Morgan fingerprint density at radius 2 is 1.58 bits per heavy atom. The fourth-order valence-corrected chi connectivity index (χ4v) is 2.96. The zero-order valence-corrected chi connectivity index (χ0v) is 24.9. The van der Waals surface area contributed by atoms with Gasteiger partial charge < -0.3 is 8.92 Å². The highest BCUT2D eigenvalue weighted by Gasteiger charge is 2.27. The number of nitrogens with zero attached hydrogens (tertiary/aromatic N) is 1. The molecule has 7 nitrogen and oxygen atoms in total. The van der Waals surface area contributed by atoms with Crippen molar-refractivity contribution < 1.29 is 22.7 Å². The number of nitrogens with one attached hydrogen (secondary N) is 1. The van der Waals surface area contributed by atoms with E-state index in [4.69, 9.17) is 14.2 Å². The highest BCUT2D eigenvalue weighted by Crippen LogP contribution is 2.20. The highest BCUT2D eigenvalue weighted by atomic mass is 32.2. The van der Waals surface area contributed by atoms with Crippen LogP contribution in [0.25, 0.3) is 0 Å². The van der Waals surface area contributed by atoms with Gasteiger partial charge in [-0.25, -0.2) is 4.72 Å². The molecule has 0 saturated carbocycles. The minimum Gasteiger partial charge on any atom is -0.461 e. The smallest absolute Gasteiger partial charge is 0.318 e. The quantitative estimate of drug-likeness (QED) is 0.328. The molecular weight excluding hydrogens is 500 g/mol. The SMILES string of the molecule is CCC(C)(C)C(=O)NS(=O)Oc1ccc(C)cc1.CCC(C)C#N.CCC(C)C(=O)OCc1ccccc1. The molecule has 1 amide bonds. The third-order valence-electron chi connectivity index (χ3n) is 5.94. The molecule has 0 aliphatic heterocycles. The fourth-order valence-electron chi connectivity index (χ4n) is 2.21. The summed E-state index contributed by atoms with van der Waals surface area (Å²) in [5.41, 5.74) is 1.57. The predicted octanol–water partition coefficient (Wildman–Crippen LogP) is 6.84.